The van der Waals surface area contributed by atoms with Crippen LogP contribution in [0.15, 0.2) is 47.3 Å². The van der Waals surface area contributed by atoms with Crippen LogP contribution in [0.3, 0.4) is 0 Å². The molecule has 0 saturated heterocycles. The maximum absolute atomic E-state index is 11.0. The monoisotopic (exact) mass is 317 g/mol. The van der Waals surface area contributed by atoms with Gasteiger partial charge in [0.15, 0.2) is 5.69 Å². The summed E-state index contributed by atoms with van der Waals surface area (Å²) in [4.78, 5) is 15.1. The largest absolute Gasteiger partial charge is 0.476 e. The highest BCUT2D eigenvalue weighted by Crippen LogP contribution is 2.27. The summed E-state index contributed by atoms with van der Waals surface area (Å²) in [5.41, 5.74) is 2.53. The predicted octanol–water partition coefficient (Wildman–Crippen LogP) is 2.86. The molecule has 0 unspecified atom stereocenters. The first-order valence-electron chi connectivity index (χ1n) is 5.48. The first-order valence-corrected chi connectivity index (χ1v) is 6.27. The van der Waals surface area contributed by atoms with Crippen molar-refractivity contribution in [3.63, 3.8) is 0 Å². The molecule has 0 amide bonds. The molecule has 0 radical (unpaired) electrons. The van der Waals surface area contributed by atoms with Crippen LogP contribution in [0.5, 0.6) is 0 Å². The van der Waals surface area contributed by atoms with Crippen molar-refractivity contribution < 1.29 is 9.90 Å². The van der Waals surface area contributed by atoms with E-state index >= 15 is 0 Å². The SMILES string of the molecule is O=C(O)c1cc2c(-c3cccnc3)cc(Br)cn2n1. The molecule has 3 aromatic heterocycles. The van der Waals surface area contributed by atoms with Gasteiger partial charge in [-0.05, 0) is 34.1 Å². The minimum Gasteiger partial charge on any atom is -0.476 e. The normalized spacial score (nSPS) is 10.8. The summed E-state index contributed by atoms with van der Waals surface area (Å²) in [5, 5.41) is 13.0. The highest BCUT2D eigenvalue weighted by Gasteiger charge is 2.13. The van der Waals surface area contributed by atoms with Crippen LogP contribution >= 0.6 is 15.9 Å². The van der Waals surface area contributed by atoms with Crippen LogP contribution in [-0.4, -0.2) is 25.7 Å². The van der Waals surface area contributed by atoms with Gasteiger partial charge in [-0.2, -0.15) is 5.10 Å². The molecule has 0 aromatic carbocycles. The number of pyridine rings is 2. The minimum atomic E-state index is -1.04. The number of aromatic nitrogens is 3. The molecule has 0 aliphatic heterocycles. The van der Waals surface area contributed by atoms with Gasteiger partial charge >= 0.3 is 5.97 Å². The molecular weight excluding hydrogens is 310 g/mol. The third-order valence-electron chi connectivity index (χ3n) is 2.73. The fourth-order valence-corrected chi connectivity index (χ4v) is 2.34. The number of hydrogen-bond acceptors (Lipinski definition) is 3. The number of rotatable bonds is 2. The topological polar surface area (TPSA) is 67.5 Å². The Bertz CT molecular complexity index is 768. The summed E-state index contributed by atoms with van der Waals surface area (Å²) >= 11 is 3.40. The molecule has 0 fully saturated rings. The van der Waals surface area contributed by atoms with E-state index in [1.807, 2.05) is 18.2 Å². The Hall–Kier alpha value is -2.21. The Morgan fingerprint density at radius 3 is 2.89 bits per heavy atom. The summed E-state index contributed by atoms with van der Waals surface area (Å²) in [5.74, 6) is -1.04. The maximum atomic E-state index is 11.0. The van der Waals surface area contributed by atoms with Crippen molar-refractivity contribution in [2.24, 2.45) is 0 Å². The van der Waals surface area contributed by atoms with E-state index < -0.39 is 5.97 Å². The summed E-state index contributed by atoms with van der Waals surface area (Å²) in [7, 11) is 0. The fraction of sp³-hybridized carbons (Fsp3) is 0. The van der Waals surface area contributed by atoms with Gasteiger partial charge in [0.25, 0.3) is 0 Å². The van der Waals surface area contributed by atoms with Crippen LogP contribution in [0.4, 0.5) is 0 Å². The highest BCUT2D eigenvalue weighted by atomic mass is 79.9. The van der Waals surface area contributed by atoms with Crippen LogP contribution in [0.1, 0.15) is 10.5 Å². The van der Waals surface area contributed by atoms with Crippen molar-refractivity contribution in [3.05, 3.63) is 53.0 Å². The fourth-order valence-electron chi connectivity index (χ4n) is 1.92. The smallest absolute Gasteiger partial charge is 0.356 e. The molecule has 3 rings (SSSR count). The summed E-state index contributed by atoms with van der Waals surface area (Å²) in [6.45, 7) is 0. The van der Waals surface area contributed by atoms with Crippen LogP contribution in [0.2, 0.25) is 0 Å². The van der Waals surface area contributed by atoms with E-state index in [1.165, 1.54) is 0 Å². The average molecular weight is 318 g/mol. The van der Waals surface area contributed by atoms with Crippen molar-refractivity contribution in [1.82, 2.24) is 14.6 Å². The van der Waals surface area contributed by atoms with Gasteiger partial charge in [0.2, 0.25) is 0 Å². The van der Waals surface area contributed by atoms with E-state index in [0.717, 1.165) is 21.1 Å². The van der Waals surface area contributed by atoms with Gasteiger partial charge in [-0.3, -0.25) is 4.98 Å². The Balaban J connectivity index is 2.32. The molecule has 6 heteroatoms. The number of carboxylic acid groups (broad SMARTS) is 1. The molecule has 1 N–H and O–H groups in total. The van der Waals surface area contributed by atoms with Gasteiger partial charge in [0, 0.05) is 34.2 Å². The van der Waals surface area contributed by atoms with Crippen LogP contribution in [-0.2, 0) is 0 Å². The zero-order valence-electron chi connectivity index (χ0n) is 9.62. The lowest BCUT2D eigenvalue weighted by molar-refractivity contribution is 0.0690. The average Bonchev–Trinajstić information content (AvgIpc) is 2.82. The second-order valence-corrected chi connectivity index (χ2v) is 4.89. The van der Waals surface area contributed by atoms with E-state index in [0.29, 0.717) is 0 Å². The van der Waals surface area contributed by atoms with Gasteiger partial charge in [0.05, 0.1) is 5.52 Å². The zero-order chi connectivity index (χ0) is 13.4. The van der Waals surface area contributed by atoms with Gasteiger partial charge in [-0.1, -0.05) is 6.07 Å². The zero-order valence-corrected chi connectivity index (χ0v) is 11.2. The summed E-state index contributed by atoms with van der Waals surface area (Å²) < 4.78 is 2.37. The van der Waals surface area contributed by atoms with Gasteiger partial charge < -0.3 is 5.11 Å². The van der Waals surface area contributed by atoms with E-state index in [-0.39, 0.29) is 5.69 Å². The Labute approximate surface area is 116 Å². The van der Waals surface area contributed by atoms with Gasteiger partial charge in [-0.15, -0.1) is 0 Å². The number of carbonyl (C=O) groups is 1. The van der Waals surface area contributed by atoms with E-state index in [4.69, 9.17) is 5.11 Å². The van der Waals surface area contributed by atoms with Crippen LogP contribution in [0.25, 0.3) is 16.6 Å². The molecule has 3 heterocycles. The molecule has 0 spiro atoms. The maximum Gasteiger partial charge on any atom is 0.356 e. The van der Waals surface area contributed by atoms with E-state index in [2.05, 4.69) is 26.0 Å². The second kappa shape index (κ2) is 4.47. The number of carboxylic acids is 1. The van der Waals surface area contributed by atoms with Crippen molar-refractivity contribution in [3.8, 4) is 11.1 Å². The van der Waals surface area contributed by atoms with E-state index in [9.17, 15) is 4.79 Å². The molecule has 0 aliphatic rings. The Morgan fingerprint density at radius 1 is 1.37 bits per heavy atom. The lowest BCUT2D eigenvalue weighted by Crippen LogP contribution is -1.97. The highest BCUT2D eigenvalue weighted by molar-refractivity contribution is 9.10. The Morgan fingerprint density at radius 2 is 2.21 bits per heavy atom. The van der Waals surface area contributed by atoms with Crippen molar-refractivity contribution in [2.45, 2.75) is 0 Å². The van der Waals surface area contributed by atoms with Crippen molar-refractivity contribution in [2.75, 3.05) is 0 Å². The standard InChI is InChI=1S/C13H8BrN3O2/c14-9-4-10(8-2-1-3-15-6-8)12-5-11(13(18)19)16-17(12)7-9/h1-7H,(H,18,19). The molecule has 19 heavy (non-hydrogen) atoms. The van der Waals surface area contributed by atoms with E-state index in [1.54, 1.807) is 29.2 Å². The number of fused-ring (bicyclic) bond motifs is 1. The minimum absolute atomic E-state index is 0.0169. The van der Waals surface area contributed by atoms with Gasteiger partial charge in [0.1, 0.15) is 0 Å². The van der Waals surface area contributed by atoms with Gasteiger partial charge in [-0.25, -0.2) is 9.31 Å². The number of aromatic carboxylic acids is 1. The molecule has 0 bridgehead atoms. The number of nitrogens with zero attached hydrogens (tertiary/aromatic N) is 3. The predicted molar refractivity (Wildman–Crippen MR) is 73.1 cm³/mol. The molecule has 3 aromatic rings. The van der Waals surface area contributed by atoms with Crippen molar-refractivity contribution in [1.29, 1.82) is 0 Å². The molecule has 0 atom stereocenters. The Kier molecular flexibility index (Phi) is 2.79. The molecule has 0 aliphatic carbocycles. The molecule has 0 saturated carbocycles. The molecular formula is C13H8BrN3O2. The lowest BCUT2D eigenvalue weighted by Gasteiger charge is -2.04. The first kappa shape index (κ1) is 11.9. The van der Waals surface area contributed by atoms with Crippen LogP contribution in [0, 0.1) is 0 Å². The van der Waals surface area contributed by atoms with Crippen LogP contribution < -0.4 is 0 Å². The molecule has 94 valence electrons. The third-order valence-corrected chi connectivity index (χ3v) is 3.16. The molecule has 5 nitrogen and oxygen atoms in total. The summed E-state index contributed by atoms with van der Waals surface area (Å²) in [6.07, 6.45) is 5.15. The van der Waals surface area contributed by atoms with Crippen molar-refractivity contribution >= 4 is 27.4 Å². The quantitative estimate of drug-likeness (QED) is 0.789. The second-order valence-electron chi connectivity index (χ2n) is 3.98. The third kappa shape index (κ3) is 2.10. The first-order chi connectivity index (χ1) is 9.15. The lowest BCUT2D eigenvalue weighted by atomic mass is 10.1. The summed E-state index contributed by atoms with van der Waals surface area (Å²) in [6, 6.07) is 7.22. The number of hydrogen-bond donors (Lipinski definition) is 1. The number of halogens is 1.